The molecule has 3 rings (SSSR count). The molecule has 1 amide bonds. The van der Waals surface area contributed by atoms with E-state index in [1.165, 1.54) is 16.5 Å². The molecule has 0 saturated carbocycles. The lowest BCUT2D eigenvalue weighted by atomic mass is 10.0. The normalized spacial score (nSPS) is 11.8. The number of amides is 1. The van der Waals surface area contributed by atoms with Crippen molar-refractivity contribution in [3.63, 3.8) is 0 Å². The summed E-state index contributed by atoms with van der Waals surface area (Å²) in [6.07, 6.45) is 2.10. The van der Waals surface area contributed by atoms with Gasteiger partial charge < -0.3 is 5.73 Å². The maximum absolute atomic E-state index is 11.2. The molecule has 17 heavy (non-hydrogen) atoms. The first kappa shape index (κ1) is 13.8. The molecule has 0 fully saturated rings. The van der Waals surface area contributed by atoms with E-state index in [1.54, 1.807) is 0 Å². The molecule has 0 spiro atoms. The first-order valence-corrected chi connectivity index (χ1v) is 5.10. The van der Waals surface area contributed by atoms with E-state index < -0.39 is 0 Å². The zero-order valence-electron chi connectivity index (χ0n) is 9.10. The molecule has 0 atom stereocenters. The molecule has 1 aliphatic carbocycles. The molecule has 1 aliphatic rings. The van der Waals surface area contributed by atoms with Gasteiger partial charge in [0.25, 0.3) is 0 Å². The van der Waals surface area contributed by atoms with Crippen LogP contribution in [-0.4, -0.2) is 5.91 Å². The van der Waals surface area contributed by atoms with Crippen molar-refractivity contribution in [3.05, 3.63) is 47.0 Å². The second-order valence-electron chi connectivity index (χ2n) is 4.01. The third kappa shape index (κ3) is 2.11. The van der Waals surface area contributed by atoms with Crippen molar-refractivity contribution in [1.82, 2.24) is 0 Å². The highest BCUT2D eigenvalue weighted by Gasteiger charge is 2.15. The van der Waals surface area contributed by atoms with Crippen molar-refractivity contribution >= 4 is 41.5 Å². The van der Waals surface area contributed by atoms with Gasteiger partial charge in [0.1, 0.15) is 0 Å². The summed E-state index contributed by atoms with van der Waals surface area (Å²) in [6.45, 7) is 0. The summed E-state index contributed by atoms with van der Waals surface area (Å²) in [5.74, 6) is -0.342. The third-order valence-corrected chi connectivity index (χ3v) is 3.09. The number of aryl methyl sites for hydroxylation is 2. The lowest BCUT2D eigenvalue weighted by Gasteiger charge is -2.03. The molecule has 2 N–H and O–H groups in total. The van der Waals surface area contributed by atoms with E-state index >= 15 is 0 Å². The fourth-order valence-electron chi connectivity index (χ4n) is 2.42. The highest BCUT2D eigenvalue weighted by atomic mass is 35.5. The SMILES string of the molecule is Cl.Cl.NC(=O)c1cc2c3c(cccc3c1)CC2. The summed E-state index contributed by atoms with van der Waals surface area (Å²) >= 11 is 0. The highest BCUT2D eigenvalue weighted by molar-refractivity contribution is 6.00. The first-order valence-electron chi connectivity index (χ1n) is 5.10. The number of nitrogens with two attached hydrogens (primary N) is 1. The van der Waals surface area contributed by atoms with Crippen molar-refractivity contribution in [2.75, 3.05) is 0 Å². The Bertz CT molecular complexity index is 581. The Labute approximate surface area is 112 Å². The molecule has 0 aliphatic heterocycles. The smallest absolute Gasteiger partial charge is 0.248 e. The van der Waals surface area contributed by atoms with Crippen LogP contribution in [0.4, 0.5) is 0 Å². The van der Waals surface area contributed by atoms with Crippen LogP contribution in [-0.2, 0) is 12.8 Å². The number of rotatable bonds is 1. The van der Waals surface area contributed by atoms with Gasteiger partial charge in [0.15, 0.2) is 0 Å². The standard InChI is InChI=1S/C13H11NO.2ClH/c14-13(15)11-6-9-3-1-2-8-4-5-10(7-11)12(8)9;;/h1-3,6-7H,4-5H2,(H2,14,15);2*1H. The monoisotopic (exact) mass is 269 g/mol. The fraction of sp³-hybridized carbons (Fsp3) is 0.154. The van der Waals surface area contributed by atoms with Crippen LogP contribution in [0.15, 0.2) is 30.3 Å². The van der Waals surface area contributed by atoms with Crippen LogP contribution < -0.4 is 5.73 Å². The molecule has 4 heteroatoms. The number of primary amides is 1. The summed E-state index contributed by atoms with van der Waals surface area (Å²) in [7, 11) is 0. The van der Waals surface area contributed by atoms with E-state index in [-0.39, 0.29) is 30.7 Å². The molecule has 0 bridgehead atoms. The van der Waals surface area contributed by atoms with Gasteiger partial charge in [0, 0.05) is 5.56 Å². The van der Waals surface area contributed by atoms with Gasteiger partial charge in [-0.1, -0.05) is 18.2 Å². The molecule has 0 radical (unpaired) electrons. The molecule has 2 nitrogen and oxygen atoms in total. The maximum Gasteiger partial charge on any atom is 0.248 e. The topological polar surface area (TPSA) is 43.1 Å². The zero-order chi connectivity index (χ0) is 10.4. The van der Waals surface area contributed by atoms with Crippen LogP contribution in [0.2, 0.25) is 0 Å². The van der Waals surface area contributed by atoms with Crippen LogP contribution in [0, 0.1) is 0 Å². The minimum Gasteiger partial charge on any atom is -0.366 e. The van der Waals surface area contributed by atoms with Gasteiger partial charge in [-0.25, -0.2) is 0 Å². The Balaban J connectivity index is 0.000000722. The van der Waals surface area contributed by atoms with Crippen LogP contribution >= 0.6 is 24.8 Å². The fourth-order valence-corrected chi connectivity index (χ4v) is 2.42. The number of carbonyl (C=O) groups is 1. The largest absolute Gasteiger partial charge is 0.366 e. The minimum absolute atomic E-state index is 0. The van der Waals surface area contributed by atoms with E-state index in [0.29, 0.717) is 5.56 Å². The molecular formula is C13H13Cl2NO. The maximum atomic E-state index is 11.2. The molecule has 0 saturated heterocycles. The van der Waals surface area contributed by atoms with Gasteiger partial charge in [-0.15, -0.1) is 24.8 Å². The van der Waals surface area contributed by atoms with Gasteiger partial charge >= 0.3 is 0 Å². The zero-order valence-corrected chi connectivity index (χ0v) is 10.7. The van der Waals surface area contributed by atoms with Gasteiger partial charge in [-0.2, -0.15) is 0 Å². The summed E-state index contributed by atoms with van der Waals surface area (Å²) in [6, 6.07) is 10.1. The number of halogens is 2. The van der Waals surface area contributed by atoms with Crippen molar-refractivity contribution in [2.45, 2.75) is 12.8 Å². The predicted molar refractivity (Wildman–Crippen MR) is 74.4 cm³/mol. The quantitative estimate of drug-likeness (QED) is 0.850. The van der Waals surface area contributed by atoms with Crippen LogP contribution in [0.1, 0.15) is 21.5 Å². The lowest BCUT2D eigenvalue weighted by molar-refractivity contribution is 0.100. The van der Waals surface area contributed by atoms with E-state index in [4.69, 9.17) is 5.73 Å². The van der Waals surface area contributed by atoms with Crippen LogP contribution in [0.3, 0.4) is 0 Å². The second-order valence-corrected chi connectivity index (χ2v) is 4.01. The van der Waals surface area contributed by atoms with Crippen LogP contribution in [0.5, 0.6) is 0 Å². The number of hydrogen-bond donors (Lipinski definition) is 1. The lowest BCUT2D eigenvalue weighted by Crippen LogP contribution is -2.11. The Morgan fingerprint density at radius 2 is 1.76 bits per heavy atom. The van der Waals surface area contributed by atoms with Crippen molar-refractivity contribution in [2.24, 2.45) is 5.73 Å². The second kappa shape index (κ2) is 4.94. The molecule has 0 unspecified atom stereocenters. The summed E-state index contributed by atoms with van der Waals surface area (Å²) in [5, 5.41) is 2.46. The van der Waals surface area contributed by atoms with Crippen LogP contribution in [0.25, 0.3) is 10.8 Å². The van der Waals surface area contributed by atoms with Gasteiger partial charge in [-0.05, 0) is 46.9 Å². The number of hydrogen-bond acceptors (Lipinski definition) is 1. The van der Waals surface area contributed by atoms with E-state index in [0.717, 1.165) is 18.2 Å². The summed E-state index contributed by atoms with van der Waals surface area (Å²) in [5.41, 5.74) is 8.58. The van der Waals surface area contributed by atoms with E-state index in [1.807, 2.05) is 24.3 Å². The van der Waals surface area contributed by atoms with Crippen molar-refractivity contribution in [1.29, 1.82) is 0 Å². The molecule has 90 valence electrons. The summed E-state index contributed by atoms with van der Waals surface area (Å²) < 4.78 is 0. The predicted octanol–water partition coefficient (Wildman–Crippen LogP) is 2.88. The third-order valence-electron chi connectivity index (χ3n) is 3.09. The van der Waals surface area contributed by atoms with Crippen molar-refractivity contribution in [3.8, 4) is 0 Å². The summed E-state index contributed by atoms with van der Waals surface area (Å²) in [4.78, 5) is 11.2. The van der Waals surface area contributed by atoms with E-state index in [2.05, 4.69) is 6.07 Å². The number of carbonyl (C=O) groups excluding carboxylic acids is 1. The molecule has 2 aromatic carbocycles. The first-order chi connectivity index (χ1) is 7.25. The Kier molecular flexibility index (Phi) is 4.02. The Hall–Kier alpha value is -1.25. The minimum atomic E-state index is -0.342. The molecular weight excluding hydrogens is 257 g/mol. The van der Waals surface area contributed by atoms with Gasteiger partial charge in [-0.3, -0.25) is 4.79 Å². The van der Waals surface area contributed by atoms with Crippen molar-refractivity contribution < 1.29 is 4.79 Å². The Morgan fingerprint density at radius 1 is 1.06 bits per heavy atom. The Morgan fingerprint density at radius 3 is 2.47 bits per heavy atom. The molecule has 2 aromatic rings. The average molecular weight is 270 g/mol. The van der Waals surface area contributed by atoms with Gasteiger partial charge in [0.05, 0.1) is 0 Å². The molecule has 0 heterocycles. The highest BCUT2D eigenvalue weighted by Crippen LogP contribution is 2.31. The van der Waals surface area contributed by atoms with Gasteiger partial charge in [0.2, 0.25) is 5.91 Å². The average Bonchev–Trinajstić information content (AvgIpc) is 2.64. The molecule has 0 aromatic heterocycles. The number of benzene rings is 2. The van der Waals surface area contributed by atoms with E-state index in [9.17, 15) is 4.79 Å².